The summed E-state index contributed by atoms with van der Waals surface area (Å²) in [6.45, 7) is -0.307. The summed E-state index contributed by atoms with van der Waals surface area (Å²) in [7, 11) is 0. The van der Waals surface area contributed by atoms with Gasteiger partial charge in [0.15, 0.2) is 0 Å². The summed E-state index contributed by atoms with van der Waals surface area (Å²) >= 11 is 0.936. The molecule has 21 heavy (non-hydrogen) atoms. The van der Waals surface area contributed by atoms with Crippen molar-refractivity contribution in [2.45, 2.75) is 18.4 Å². The molecule has 2 rings (SSSR count). The van der Waals surface area contributed by atoms with Crippen LogP contribution in [0.2, 0.25) is 0 Å². The lowest BCUT2D eigenvalue weighted by Crippen LogP contribution is -2.37. The number of hydrogen-bond acceptors (Lipinski definition) is 4. The standard InChI is InChI=1S/C13H9F2NO4S/c14-13(15)6-8(7-17)16(12(13)20)5-1-2-9-3-4-10(21-9)11(18)19/h3-4,7-8H,5-6H2,(H,18,19). The fraction of sp³-hybridized carbons (Fsp3) is 0.308. The number of carboxylic acid groups (broad SMARTS) is 1. The molecule has 1 aromatic rings. The number of thiophene rings is 1. The Hall–Kier alpha value is -2.27. The zero-order chi connectivity index (χ0) is 15.6. The van der Waals surface area contributed by atoms with Crippen molar-refractivity contribution in [3.8, 4) is 11.8 Å². The Morgan fingerprint density at radius 3 is 2.86 bits per heavy atom. The van der Waals surface area contributed by atoms with Crippen LogP contribution in [0.5, 0.6) is 0 Å². The van der Waals surface area contributed by atoms with Crippen molar-refractivity contribution in [1.82, 2.24) is 4.90 Å². The van der Waals surface area contributed by atoms with E-state index in [1.54, 1.807) is 0 Å². The second-order valence-electron chi connectivity index (χ2n) is 4.32. The number of aromatic carboxylic acids is 1. The fourth-order valence-electron chi connectivity index (χ4n) is 1.86. The monoisotopic (exact) mass is 313 g/mol. The first-order chi connectivity index (χ1) is 9.85. The van der Waals surface area contributed by atoms with Gasteiger partial charge in [0.25, 0.3) is 5.91 Å². The van der Waals surface area contributed by atoms with Crippen molar-refractivity contribution < 1.29 is 28.3 Å². The van der Waals surface area contributed by atoms with Gasteiger partial charge in [0.2, 0.25) is 0 Å². The van der Waals surface area contributed by atoms with E-state index in [0.717, 1.165) is 16.2 Å². The lowest BCUT2D eigenvalue weighted by atomic mass is 10.2. The van der Waals surface area contributed by atoms with E-state index in [1.165, 1.54) is 12.1 Å². The van der Waals surface area contributed by atoms with E-state index in [4.69, 9.17) is 5.11 Å². The Kier molecular flexibility index (Phi) is 4.04. The Morgan fingerprint density at radius 1 is 1.57 bits per heavy atom. The number of rotatable bonds is 3. The molecule has 1 saturated heterocycles. The number of amides is 1. The summed E-state index contributed by atoms with van der Waals surface area (Å²) in [5, 5.41) is 8.74. The SMILES string of the molecule is O=CC1CC(F)(F)C(=O)N1CC#Cc1ccc(C(=O)O)s1. The van der Waals surface area contributed by atoms with Gasteiger partial charge in [-0.15, -0.1) is 11.3 Å². The number of carbonyl (C=O) groups is 3. The maximum absolute atomic E-state index is 13.2. The van der Waals surface area contributed by atoms with Gasteiger partial charge in [-0.2, -0.15) is 8.78 Å². The largest absolute Gasteiger partial charge is 0.477 e. The van der Waals surface area contributed by atoms with Crippen LogP contribution in [0, 0.1) is 11.8 Å². The third-order valence-electron chi connectivity index (χ3n) is 2.87. The summed E-state index contributed by atoms with van der Waals surface area (Å²) in [5.74, 6) is -0.927. The number of aldehydes is 1. The molecule has 1 N–H and O–H groups in total. The van der Waals surface area contributed by atoms with Crippen molar-refractivity contribution in [3.05, 3.63) is 21.9 Å². The van der Waals surface area contributed by atoms with Crippen LogP contribution in [0.3, 0.4) is 0 Å². The van der Waals surface area contributed by atoms with Crippen LogP contribution < -0.4 is 0 Å². The van der Waals surface area contributed by atoms with Crippen molar-refractivity contribution in [2.24, 2.45) is 0 Å². The van der Waals surface area contributed by atoms with Crippen molar-refractivity contribution in [2.75, 3.05) is 6.54 Å². The second kappa shape index (κ2) is 5.61. The molecule has 1 amide bonds. The van der Waals surface area contributed by atoms with Gasteiger partial charge in [-0.25, -0.2) is 4.79 Å². The fourth-order valence-corrected chi connectivity index (χ4v) is 2.58. The Morgan fingerprint density at radius 2 is 2.29 bits per heavy atom. The van der Waals surface area contributed by atoms with Gasteiger partial charge >= 0.3 is 11.9 Å². The van der Waals surface area contributed by atoms with Crippen LogP contribution in [-0.2, 0) is 9.59 Å². The maximum atomic E-state index is 13.2. The zero-order valence-electron chi connectivity index (χ0n) is 10.5. The summed E-state index contributed by atoms with van der Waals surface area (Å²) in [5.41, 5.74) is 0. The Labute approximate surface area is 122 Å². The molecule has 1 aromatic heterocycles. The number of likely N-dealkylation sites (tertiary alicyclic amines) is 1. The molecule has 1 atom stereocenters. The zero-order valence-corrected chi connectivity index (χ0v) is 11.3. The van der Waals surface area contributed by atoms with Crippen LogP contribution >= 0.6 is 11.3 Å². The van der Waals surface area contributed by atoms with Gasteiger partial charge in [-0.1, -0.05) is 11.8 Å². The second-order valence-corrected chi connectivity index (χ2v) is 5.40. The third kappa shape index (κ3) is 3.08. The number of halogens is 2. The molecule has 0 bridgehead atoms. The van der Waals surface area contributed by atoms with Gasteiger partial charge < -0.3 is 14.8 Å². The Bertz CT molecular complexity index is 659. The van der Waals surface area contributed by atoms with E-state index < -0.39 is 30.3 Å². The smallest absolute Gasteiger partial charge is 0.345 e. The normalized spacial score (nSPS) is 20.0. The van der Waals surface area contributed by atoms with E-state index in [1.807, 2.05) is 0 Å². The lowest BCUT2D eigenvalue weighted by molar-refractivity contribution is -0.147. The molecule has 0 saturated carbocycles. The average Bonchev–Trinajstić information content (AvgIpc) is 2.97. The number of nitrogens with zero attached hydrogens (tertiary/aromatic N) is 1. The number of hydrogen-bond donors (Lipinski definition) is 1. The molecule has 1 aliphatic heterocycles. The quantitative estimate of drug-likeness (QED) is 0.673. The molecule has 1 aliphatic rings. The minimum atomic E-state index is -3.54. The third-order valence-corrected chi connectivity index (χ3v) is 3.86. The van der Waals surface area contributed by atoms with Crippen LogP contribution in [0.4, 0.5) is 8.78 Å². The van der Waals surface area contributed by atoms with E-state index in [0.29, 0.717) is 11.2 Å². The van der Waals surface area contributed by atoms with Gasteiger partial charge in [-0.3, -0.25) is 4.79 Å². The summed E-state index contributed by atoms with van der Waals surface area (Å²) in [4.78, 5) is 34.1. The van der Waals surface area contributed by atoms with Gasteiger partial charge in [0, 0.05) is 6.42 Å². The molecule has 0 aromatic carbocycles. The minimum absolute atomic E-state index is 0.105. The van der Waals surface area contributed by atoms with Gasteiger partial charge in [-0.05, 0) is 12.1 Å². The van der Waals surface area contributed by atoms with E-state index in [-0.39, 0.29) is 11.4 Å². The van der Waals surface area contributed by atoms with E-state index in [2.05, 4.69) is 11.8 Å². The van der Waals surface area contributed by atoms with Crippen molar-refractivity contribution in [1.29, 1.82) is 0 Å². The highest BCUT2D eigenvalue weighted by molar-refractivity contribution is 7.14. The first-order valence-electron chi connectivity index (χ1n) is 5.81. The van der Waals surface area contributed by atoms with Crippen LogP contribution in [0.15, 0.2) is 12.1 Å². The number of alkyl halides is 2. The molecular formula is C13H9F2NO4S. The predicted octanol–water partition coefficient (Wildman–Crippen LogP) is 1.23. The van der Waals surface area contributed by atoms with Gasteiger partial charge in [0.05, 0.1) is 17.5 Å². The van der Waals surface area contributed by atoms with Crippen LogP contribution in [0.1, 0.15) is 21.0 Å². The topological polar surface area (TPSA) is 74.7 Å². The van der Waals surface area contributed by atoms with E-state index in [9.17, 15) is 23.2 Å². The Balaban J connectivity index is 2.08. The van der Waals surface area contributed by atoms with Crippen LogP contribution in [-0.4, -0.2) is 46.7 Å². The van der Waals surface area contributed by atoms with Gasteiger partial charge in [0.1, 0.15) is 11.2 Å². The first kappa shape index (κ1) is 15.1. The highest BCUT2D eigenvalue weighted by Gasteiger charge is 2.53. The molecule has 110 valence electrons. The highest BCUT2D eigenvalue weighted by Crippen LogP contribution is 2.32. The summed E-state index contributed by atoms with van der Waals surface area (Å²) < 4.78 is 26.4. The number of carbonyl (C=O) groups excluding carboxylic acids is 2. The summed E-state index contributed by atoms with van der Waals surface area (Å²) in [6.07, 6.45) is -0.534. The van der Waals surface area contributed by atoms with E-state index >= 15 is 0 Å². The minimum Gasteiger partial charge on any atom is -0.477 e. The molecule has 0 radical (unpaired) electrons. The predicted molar refractivity (Wildman–Crippen MR) is 69.3 cm³/mol. The molecule has 5 nitrogen and oxygen atoms in total. The molecule has 0 spiro atoms. The molecule has 0 aliphatic carbocycles. The molecule has 1 unspecified atom stereocenters. The van der Waals surface area contributed by atoms with Crippen molar-refractivity contribution >= 4 is 29.5 Å². The lowest BCUT2D eigenvalue weighted by Gasteiger charge is -2.16. The first-order valence-corrected chi connectivity index (χ1v) is 6.63. The maximum Gasteiger partial charge on any atom is 0.345 e. The molecule has 1 fully saturated rings. The average molecular weight is 313 g/mol. The molecular weight excluding hydrogens is 304 g/mol. The summed E-state index contributed by atoms with van der Waals surface area (Å²) in [6, 6.07) is 1.68. The molecule has 2 heterocycles. The number of carboxylic acids is 1. The molecule has 8 heteroatoms. The van der Waals surface area contributed by atoms with Crippen LogP contribution in [0.25, 0.3) is 0 Å². The van der Waals surface area contributed by atoms with Crippen molar-refractivity contribution in [3.63, 3.8) is 0 Å². The highest BCUT2D eigenvalue weighted by atomic mass is 32.1.